The third-order valence-electron chi connectivity index (χ3n) is 3.99. The lowest BCUT2D eigenvalue weighted by atomic mass is 10.1. The van der Waals surface area contributed by atoms with Crippen molar-refractivity contribution in [3.05, 3.63) is 72.6 Å². The molecular formula is C19H16N2O. The molecule has 4 rings (SSSR count). The number of hydrogen-bond donors (Lipinski definition) is 0. The first-order valence-corrected chi connectivity index (χ1v) is 7.28. The fourth-order valence-corrected chi connectivity index (χ4v) is 2.85. The van der Waals surface area contributed by atoms with Crippen molar-refractivity contribution in [2.24, 2.45) is 7.05 Å². The Hall–Kier alpha value is -2.81. The van der Waals surface area contributed by atoms with Crippen LogP contribution in [0.5, 0.6) is 0 Å². The van der Waals surface area contributed by atoms with E-state index in [1.807, 2.05) is 58.8 Å². The van der Waals surface area contributed by atoms with Crippen LogP contribution >= 0.6 is 0 Å². The van der Waals surface area contributed by atoms with Gasteiger partial charge in [0, 0.05) is 11.1 Å². The highest BCUT2D eigenvalue weighted by atomic mass is 16.3. The number of nitrogens with zero attached hydrogens (tertiary/aromatic N) is 2. The fourth-order valence-electron chi connectivity index (χ4n) is 2.85. The van der Waals surface area contributed by atoms with E-state index < -0.39 is 0 Å². The van der Waals surface area contributed by atoms with Crippen LogP contribution in [0.1, 0.15) is 5.56 Å². The van der Waals surface area contributed by atoms with Crippen LogP contribution in [0.25, 0.3) is 28.2 Å². The molecule has 0 atom stereocenters. The molecule has 0 N–H and O–H groups in total. The number of rotatable bonds is 2. The average molecular weight is 288 g/mol. The summed E-state index contributed by atoms with van der Waals surface area (Å²) in [4.78, 5) is 0. The number of para-hydroxylation sites is 2. The number of fused-ring (bicyclic) bond motifs is 1. The molecule has 0 spiro atoms. The molecule has 2 aromatic carbocycles. The van der Waals surface area contributed by atoms with Gasteiger partial charge in [-0.1, -0.05) is 48.5 Å². The average Bonchev–Trinajstić information content (AvgIpc) is 3.09. The van der Waals surface area contributed by atoms with Gasteiger partial charge in [-0.25, -0.2) is 0 Å². The number of aromatic nitrogens is 2. The summed E-state index contributed by atoms with van der Waals surface area (Å²) in [5, 5.41) is 1.15. The third kappa shape index (κ3) is 1.86. The summed E-state index contributed by atoms with van der Waals surface area (Å²) in [5.41, 5.74) is 3.13. The van der Waals surface area contributed by atoms with E-state index in [-0.39, 0.29) is 0 Å². The third-order valence-corrected chi connectivity index (χ3v) is 3.99. The second-order valence-electron chi connectivity index (χ2n) is 5.42. The Bertz CT molecular complexity index is 948. The Labute approximate surface area is 129 Å². The first kappa shape index (κ1) is 12.9. The first-order chi connectivity index (χ1) is 10.8. The molecule has 0 bridgehead atoms. The summed E-state index contributed by atoms with van der Waals surface area (Å²) in [7, 11) is 2.01. The molecule has 0 saturated carbocycles. The van der Waals surface area contributed by atoms with Crippen molar-refractivity contribution < 1.29 is 8.98 Å². The van der Waals surface area contributed by atoms with Gasteiger partial charge in [-0.3, -0.25) is 4.57 Å². The summed E-state index contributed by atoms with van der Waals surface area (Å²) in [6, 6.07) is 18.3. The van der Waals surface area contributed by atoms with Crippen LogP contribution in [0.15, 0.2) is 65.2 Å². The van der Waals surface area contributed by atoms with Crippen molar-refractivity contribution in [3.63, 3.8) is 0 Å². The lowest BCUT2D eigenvalue weighted by Gasteiger charge is -2.10. The molecule has 0 unspecified atom stereocenters. The van der Waals surface area contributed by atoms with E-state index in [1.165, 1.54) is 0 Å². The van der Waals surface area contributed by atoms with Gasteiger partial charge in [-0.05, 0) is 18.6 Å². The van der Waals surface area contributed by atoms with Crippen molar-refractivity contribution >= 4 is 11.0 Å². The van der Waals surface area contributed by atoms with Gasteiger partial charge < -0.3 is 8.98 Å². The summed E-state index contributed by atoms with van der Waals surface area (Å²) in [5.74, 6) is 1.87. The minimum absolute atomic E-state index is 0.883. The van der Waals surface area contributed by atoms with Crippen LogP contribution < -0.4 is 4.57 Å². The minimum atomic E-state index is 0.883. The Morgan fingerprint density at radius 3 is 2.50 bits per heavy atom. The number of hydrogen-bond acceptors (Lipinski definition) is 1. The highest BCUT2D eigenvalue weighted by molar-refractivity contribution is 5.86. The predicted molar refractivity (Wildman–Crippen MR) is 85.7 cm³/mol. The summed E-state index contributed by atoms with van der Waals surface area (Å²) in [6.45, 7) is 2.10. The van der Waals surface area contributed by atoms with Gasteiger partial charge in [0.15, 0.2) is 5.76 Å². The van der Waals surface area contributed by atoms with Crippen LogP contribution in [0.3, 0.4) is 0 Å². The van der Waals surface area contributed by atoms with Crippen molar-refractivity contribution in [2.75, 3.05) is 0 Å². The number of benzene rings is 2. The first-order valence-electron chi connectivity index (χ1n) is 7.28. The molecule has 4 aromatic rings. The molecule has 22 heavy (non-hydrogen) atoms. The SMILES string of the molecule is Cc1c(-c2n(C)c[c-][n+]2-c2ccccc2)oc2ccccc12. The van der Waals surface area contributed by atoms with Gasteiger partial charge in [-0.15, -0.1) is 0 Å². The molecule has 3 heteroatoms. The maximum atomic E-state index is 6.12. The van der Waals surface area contributed by atoms with Crippen LogP contribution in [-0.2, 0) is 7.05 Å². The lowest BCUT2D eigenvalue weighted by Crippen LogP contribution is -2.32. The van der Waals surface area contributed by atoms with E-state index in [4.69, 9.17) is 4.42 Å². The zero-order valence-electron chi connectivity index (χ0n) is 12.6. The highest BCUT2D eigenvalue weighted by Crippen LogP contribution is 2.31. The van der Waals surface area contributed by atoms with E-state index >= 15 is 0 Å². The Kier molecular flexibility index (Phi) is 2.86. The molecule has 0 saturated heterocycles. The van der Waals surface area contributed by atoms with Crippen molar-refractivity contribution in [1.82, 2.24) is 4.57 Å². The fraction of sp³-hybridized carbons (Fsp3) is 0.105. The van der Waals surface area contributed by atoms with Crippen LogP contribution in [0.2, 0.25) is 0 Å². The van der Waals surface area contributed by atoms with Crippen LogP contribution in [-0.4, -0.2) is 4.57 Å². The predicted octanol–water partition coefficient (Wildman–Crippen LogP) is 3.82. The monoisotopic (exact) mass is 288 g/mol. The topological polar surface area (TPSA) is 21.9 Å². The molecule has 0 fully saturated rings. The molecule has 108 valence electrons. The van der Waals surface area contributed by atoms with Gasteiger partial charge in [0.05, 0.1) is 19.4 Å². The smallest absolute Gasteiger partial charge is 0.221 e. The maximum absolute atomic E-state index is 6.12. The molecule has 3 nitrogen and oxygen atoms in total. The molecule has 0 radical (unpaired) electrons. The molecule has 2 heterocycles. The van der Waals surface area contributed by atoms with Gasteiger partial charge >= 0.3 is 0 Å². The Morgan fingerprint density at radius 1 is 1.00 bits per heavy atom. The Balaban J connectivity index is 2.00. The quantitative estimate of drug-likeness (QED) is 0.406. The largest absolute Gasteiger partial charge is 0.461 e. The summed E-state index contributed by atoms with van der Waals surface area (Å²) in [6.07, 6.45) is 5.21. The lowest BCUT2D eigenvalue weighted by molar-refractivity contribution is -0.588. The van der Waals surface area contributed by atoms with Gasteiger partial charge in [0.2, 0.25) is 5.82 Å². The van der Waals surface area contributed by atoms with Gasteiger partial charge in [-0.2, -0.15) is 0 Å². The molecule has 0 aliphatic rings. The van der Waals surface area contributed by atoms with Crippen molar-refractivity contribution in [2.45, 2.75) is 6.92 Å². The van der Waals surface area contributed by atoms with E-state index in [1.54, 1.807) is 0 Å². The zero-order valence-corrected chi connectivity index (χ0v) is 12.6. The molecule has 0 aliphatic heterocycles. The second-order valence-corrected chi connectivity index (χ2v) is 5.42. The molecule has 0 aliphatic carbocycles. The van der Waals surface area contributed by atoms with E-state index in [9.17, 15) is 0 Å². The number of imidazole rings is 1. The maximum Gasteiger partial charge on any atom is 0.221 e. The second kappa shape index (κ2) is 4.88. The summed E-state index contributed by atoms with van der Waals surface area (Å²) >= 11 is 0. The van der Waals surface area contributed by atoms with E-state index in [2.05, 4.69) is 31.3 Å². The van der Waals surface area contributed by atoms with E-state index in [0.717, 1.165) is 33.8 Å². The molecule has 0 amide bonds. The number of aryl methyl sites for hydroxylation is 2. The van der Waals surface area contributed by atoms with Gasteiger partial charge in [0.25, 0.3) is 0 Å². The van der Waals surface area contributed by atoms with Crippen LogP contribution in [0, 0.1) is 13.1 Å². The minimum Gasteiger partial charge on any atom is -0.461 e. The summed E-state index contributed by atoms with van der Waals surface area (Å²) < 4.78 is 10.2. The van der Waals surface area contributed by atoms with Crippen LogP contribution in [0.4, 0.5) is 0 Å². The normalized spacial score (nSPS) is 11.2. The van der Waals surface area contributed by atoms with Gasteiger partial charge in [0.1, 0.15) is 5.58 Å². The van der Waals surface area contributed by atoms with E-state index in [0.29, 0.717) is 0 Å². The highest BCUT2D eigenvalue weighted by Gasteiger charge is 2.18. The molecule has 2 aromatic heterocycles. The standard InChI is InChI=1S/C19H16N2O/c1-14-16-10-6-7-11-17(16)22-18(14)19-20(2)12-13-21(19)15-8-4-3-5-9-15/h3-12H,1-2H3. The molecular weight excluding hydrogens is 272 g/mol. The van der Waals surface area contributed by atoms with Crippen molar-refractivity contribution in [3.8, 4) is 17.3 Å². The number of furan rings is 1. The Morgan fingerprint density at radius 2 is 1.73 bits per heavy atom. The van der Waals surface area contributed by atoms with Crippen molar-refractivity contribution in [1.29, 1.82) is 0 Å². The zero-order chi connectivity index (χ0) is 15.1.